The molecule has 0 aliphatic heterocycles. The lowest BCUT2D eigenvalue weighted by atomic mass is 9.90. The van der Waals surface area contributed by atoms with E-state index in [1.165, 1.54) is 0 Å². The largest absolute Gasteiger partial charge is 0.496 e. The second kappa shape index (κ2) is 3.81. The van der Waals surface area contributed by atoms with Crippen molar-refractivity contribution in [3.05, 3.63) is 29.3 Å². The zero-order valence-electron chi connectivity index (χ0n) is 9.62. The molecular weight excluding hydrogens is 204 g/mol. The van der Waals surface area contributed by atoms with E-state index >= 15 is 0 Å². The number of methoxy groups -OCH3 is 1. The molecule has 0 heterocycles. The van der Waals surface area contributed by atoms with Crippen LogP contribution in [0, 0.1) is 6.92 Å². The van der Waals surface area contributed by atoms with Gasteiger partial charge < -0.3 is 9.84 Å². The van der Waals surface area contributed by atoms with E-state index in [1.807, 2.05) is 19.1 Å². The number of hydrogen-bond donors (Lipinski definition) is 1. The van der Waals surface area contributed by atoms with Gasteiger partial charge in [0, 0.05) is 11.0 Å². The summed E-state index contributed by atoms with van der Waals surface area (Å²) in [6.45, 7) is 2.01. The lowest BCUT2D eigenvalue weighted by Gasteiger charge is -2.17. The third-order valence-electron chi connectivity index (χ3n) is 3.27. The molecule has 3 heteroatoms. The van der Waals surface area contributed by atoms with E-state index in [9.17, 15) is 4.79 Å². The first kappa shape index (κ1) is 11.0. The molecule has 0 radical (unpaired) electrons. The summed E-state index contributed by atoms with van der Waals surface area (Å²) in [5.41, 5.74) is 2.02. The number of hydrogen-bond acceptors (Lipinski definition) is 2. The van der Waals surface area contributed by atoms with Gasteiger partial charge in [-0.2, -0.15) is 0 Å². The van der Waals surface area contributed by atoms with E-state index < -0.39 is 5.97 Å². The first-order valence-electron chi connectivity index (χ1n) is 5.44. The van der Waals surface area contributed by atoms with Crippen LogP contribution in [0.2, 0.25) is 0 Å². The Bertz CT molecular complexity index is 419. The second-order valence-electron chi connectivity index (χ2n) is 4.55. The lowest BCUT2D eigenvalue weighted by Crippen LogP contribution is -2.14. The molecule has 1 N–H and O–H groups in total. The van der Waals surface area contributed by atoms with Crippen LogP contribution in [0.5, 0.6) is 5.75 Å². The van der Waals surface area contributed by atoms with Crippen LogP contribution < -0.4 is 4.74 Å². The number of rotatable bonds is 4. The molecule has 0 atom stereocenters. The molecule has 1 aromatic carbocycles. The summed E-state index contributed by atoms with van der Waals surface area (Å²) in [7, 11) is 1.63. The minimum atomic E-state index is -0.735. The van der Waals surface area contributed by atoms with Gasteiger partial charge in [0.15, 0.2) is 0 Å². The molecular formula is C13H16O3. The number of aliphatic carboxylic acids is 1. The Morgan fingerprint density at radius 3 is 2.69 bits per heavy atom. The van der Waals surface area contributed by atoms with E-state index in [0.29, 0.717) is 0 Å². The molecule has 1 aliphatic carbocycles. The average molecular weight is 220 g/mol. The summed E-state index contributed by atoms with van der Waals surface area (Å²) < 4.78 is 5.32. The van der Waals surface area contributed by atoms with Crippen LogP contribution >= 0.6 is 0 Å². The van der Waals surface area contributed by atoms with Gasteiger partial charge >= 0.3 is 5.97 Å². The van der Waals surface area contributed by atoms with Crippen molar-refractivity contribution in [1.82, 2.24) is 0 Å². The van der Waals surface area contributed by atoms with Crippen molar-refractivity contribution in [3.63, 3.8) is 0 Å². The van der Waals surface area contributed by atoms with Crippen LogP contribution in [-0.4, -0.2) is 18.2 Å². The fourth-order valence-corrected chi connectivity index (χ4v) is 2.22. The van der Waals surface area contributed by atoms with E-state index in [4.69, 9.17) is 9.84 Å². The highest BCUT2D eigenvalue weighted by atomic mass is 16.5. The fraction of sp³-hybridized carbons (Fsp3) is 0.462. The van der Waals surface area contributed by atoms with E-state index in [2.05, 4.69) is 6.07 Å². The van der Waals surface area contributed by atoms with Crippen LogP contribution in [0.15, 0.2) is 18.2 Å². The lowest BCUT2D eigenvalue weighted by molar-refractivity contribution is -0.137. The number of benzene rings is 1. The number of aryl methyl sites for hydroxylation is 1. The van der Waals surface area contributed by atoms with Gasteiger partial charge in [-0.25, -0.2) is 0 Å². The van der Waals surface area contributed by atoms with Crippen LogP contribution in [0.3, 0.4) is 0 Å². The van der Waals surface area contributed by atoms with Crippen LogP contribution in [0.4, 0.5) is 0 Å². The van der Waals surface area contributed by atoms with Crippen LogP contribution in [-0.2, 0) is 10.2 Å². The van der Waals surface area contributed by atoms with E-state index in [-0.39, 0.29) is 11.8 Å². The normalized spacial score (nSPS) is 16.9. The summed E-state index contributed by atoms with van der Waals surface area (Å²) in [6.07, 6.45) is 2.09. The summed E-state index contributed by atoms with van der Waals surface area (Å²) >= 11 is 0. The molecule has 1 aromatic rings. The first-order valence-corrected chi connectivity index (χ1v) is 5.44. The van der Waals surface area contributed by atoms with Gasteiger partial charge in [0.2, 0.25) is 0 Å². The number of carboxylic acid groups (broad SMARTS) is 1. The third-order valence-corrected chi connectivity index (χ3v) is 3.27. The Morgan fingerprint density at radius 2 is 2.19 bits per heavy atom. The van der Waals surface area contributed by atoms with E-state index in [1.54, 1.807) is 7.11 Å². The Kier molecular flexibility index (Phi) is 2.62. The smallest absolute Gasteiger partial charge is 0.304 e. The zero-order valence-corrected chi connectivity index (χ0v) is 9.62. The first-order chi connectivity index (χ1) is 7.57. The van der Waals surface area contributed by atoms with Crippen molar-refractivity contribution in [2.24, 2.45) is 0 Å². The Labute approximate surface area is 95.0 Å². The molecule has 0 bridgehead atoms. The quantitative estimate of drug-likeness (QED) is 0.848. The molecule has 0 aromatic heterocycles. The van der Waals surface area contributed by atoms with Gasteiger partial charge in [0.05, 0.1) is 13.5 Å². The van der Waals surface area contributed by atoms with Gasteiger partial charge in [-0.3, -0.25) is 4.79 Å². The number of carboxylic acids is 1. The third kappa shape index (κ3) is 1.90. The van der Waals surface area contributed by atoms with Gasteiger partial charge in [-0.05, 0) is 25.8 Å². The summed E-state index contributed by atoms with van der Waals surface area (Å²) in [5.74, 6) is 0.0745. The molecule has 2 rings (SSSR count). The van der Waals surface area contributed by atoms with Crippen LogP contribution in [0.1, 0.15) is 30.4 Å². The van der Waals surface area contributed by atoms with Gasteiger partial charge in [-0.1, -0.05) is 17.7 Å². The number of ether oxygens (including phenoxy) is 1. The van der Waals surface area contributed by atoms with Gasteiger partial charge in [-0.15, -0.1) is 0 Å². The molecule has 3 nitrogen and oxygen atoms in total. The topological polar surface area (TPSA) is 46.5 Å². The maximum Gasteiger partial charge on any atom is 0.304 e. The highest BCUT2D eigenvalue weighted by Gasteiger charge is 2.47. The molecule has 86 valence electrons. The molecule has 0 spiro atoms. The summed E-state index contributed by atoms with van der Waals surface area (Å²) in [6, 6.07) is 5.96. The zero-order chi connectivity index (χ0) is 11.8. The van der Waals surface area contributed by atoms with Crippen molar-refractivity contribution in [2.75, 3.05) is 7.11 Å². The van der Waals surface area contributed by atoms with Crippen molar-refractivity contribution in [2.45, 2.75) is 31.6 Å². The predicted molar refractivity (Wildman–Crippen MR) is 60.9 cm³/mol. The van der Waals surface area contributed by atoms with E-state index in [0.717, 1.165) is 29.7 Å². The maximum absolute atomic E-state index is 10.9. The molecule has 1 aliphatic rings. The maximum atomic E-state index is 10.9. The van der Waals surface area contributed by atoms with Crippen molar-refractivity contribution in [3.8, 4) is 5.75 Å². The molecule has 0 unspecified atom stereocenters. The highest BCUT2D eigenvalue weighted by molar-refractivity contribution is 5.70. The number of carbonyl (C=O) groups is 1. The molecule has 0 amide bonds. The summed E-state index contributed by atoms with van der Waals surface area (Å²) in [4.78, 5) is 10.9. The minimum Gasteiger partial charge on any atom is -0.496 e. The minimum absolute atomic E-state index is 0.177. The monoisotopic (exact) mass is 220 g/mol. The molecule has 1 fully saturated rings. The van der Waals surface area contributed by atoms with Crippen molar-refractivity contribution in [1.29, 1.82) is 0 Å². The highest BCUT2D eigenvalue weighted by Crippen LogP contribution is 2.53. The second-order valence-corrected chi connectivity index (χ2v) is 4.55. The average Bonchev–Trinajstić information content (AvgIpc) is 2.98. The standard InChI is InChI=1S/C13H16O3/c1-9-3-4-11(16-2)10(7-9)13(5-6-13)8-12(14)15/h3-4,7H,5-6,8H2,1-2H3,(H,14,15). The van der Waals surface area contributed by atoms with Gasteiger partial charge in [0.25, 0.3) is 0 Å². The van der Waals surface area contributed by atoms with Gasteiger partial charge in [0.1, 0.15) is 5.75 Å². The molecule has 0 saturated heterocycles. The van der Waals surface area contributed by atoms with Crippen LogP contribution in [0.25, 0.3) is 0 Å². The Balaban J connectivity index is 2.38. The van der Waals surface area contributed by atoms with Crippen molar-refractivity contribution < 1.29 is 14.6 Å². The molecule has 16 heavy (non-hydrogen) atoms. The SMILES string of the molecule is COc1ccc(C)cc1C1(CC(=O)O)CC1. The van der Waals surface area contributed by atoms with Crippen molar-refractivity contribution >= 4 is 5.97 Å². The Hall–Kier alpha value is -1.51. The molecule has 1 saturated carbocycles. The predicted octanol–water partition coefficient (Wildman–Crippen LogP) is 2.51. The fourth-order valence-electron chi connectivity index (χ4n) is 2.22. The Morgan fingerprint density at radius 1 is 1.50 bits per heavy atom. The summed E-state index contributed by atoms with van der Waals surface area (Å²) in [5, 5.41) is 8.94.